The van der Waals surface area contributed by atoms with Gasteiger partial charge in [-0.3, -0.25) is 4.98 Å². The molecule has 1 unspecified atom stereocenters. The molecule has 0 aliphatic carbocycles. The van der Waals surface area contributed by atoms with E-state index in [-0.39, 0.29) is 0 Å². The van der Waals surface area contributed by atoms with Crippen LogP contribution in [-0.2, 0) is 0 Å². The Balaban J connectivity index is 1.45. The Morgan fingerprint density at radius 1 is 0.432 bits per heavy atom. The van der Waals surface area contributed by atoms with Crippen LogP contribution in [0.3, 0.4) is 0 Å². The summed E-state index contributed by atoms with van der Waals surface area (Å²) in [5, 5.41) is 9.62. The van der Waals surface area contributed by atoms with Crippen molar-refractivity contribution in [2.45, 2.75) is 12.8 Å². The zero-order valence-electron chi connectivity index (χ0n) is 23.1. The molecule has 1 heterocycles. The first kappa shape index (κ1) is 29.7. The van der Waals surface area contributed by atoms with Gasteiger partial charge in [0.25, 0.3) is 0 Å². The molecule has 44 heavy (non-hydrogen) atoms. The van der Waals surface area contributed by atoms with Crippen LogP contribution in [0.2, 0.25) is 30.1 Å². The largest absolute Gasteiger partial charge is 0.262 e. The van der Waals surface area contributed by atoms with Crippen molar-refractivity contribution in [2.75, 3.05) is 0 Å². The van der Waals surface area contributed by atoms with Crippen molar-refractivity contribution in [1.82, 2.24) is 4.98 Å². The molecule has 0 N–H and O–H groups in total. The fourth-order valence-electron chi connectivity index (χ4n) is 6.23. The van der Waals surface area contributed by atoms with Crippen molar-refractivity contribution in [1.29, 1.82) is 0 Å². The molecule has 0 aliphatic heterocycles. The molecule has 0 saturated carbocycles. The minimum atomic E-state index is -0.653. The van der Waals surface area contributed by atoms with Crippen molar-refractivity contribution >= 4 is 102 Å². The Bertz CT molecular complexity index is 2170. The fourth-order valence-corrected chi connectivity index (χ4v) is 8.33. The van der Waals surface area contributed by atoms with Gasteiger partial charge in [-0.15, -0.1) is 0 Å². The van der Waals surface area contributed by atoms with Gasteiger partial charge in [0, 0.05) is 55.1 Å². The second-order valence-electron chi connectivity index (χ2n) is 10.8. The van der Waals surface area contributed by atoms with E-state index in [9.17, 15) is 0 Å². The third-order valence-corrected chi connectivity index (χ3v) is 9.99. The van der Waals surface area contributed by atoms with Crippen molar-refractivity contribution in [3.05, 3.63) is 156 Å². The number of nitrogens with zero attached hydrogens (tertiary/aromatic N) is 1. The second-order valence-corrected chi connectivity index (χ2v) is 13.2. The van der Waals surface area contributed by atoms with Gasteiger partial charge in [-0.1, -0.05) is 130 Å². The van der Waals surface area contributed by atoms with E-state index in [1.807, 2.05) is 31.2 Å². The lowest BCUT2D eigenvalue weighted by Crippen LogP contribution is -2.09. The highest BCUT2D eigenvalue weighted by atomic mass is 35.5. The third kappa shape index (κ3) is 5.01. The molecule has 1 aromatic heterocycles. The predicted octanol–water partition coefficient (Wildman–Crippen LogP) is 13.6. The summed E-state index contributed by atoms with van der Waals surface area (Å²) >= 11 is 41.4. The summed E-state index contributed by atoms with van der Waals surface area (Å²) in [6.07, 6.45) is 3.07. The molecule has 0 spiro atoms. The van der Waals surface area contributed by atoms with Gasteiger partial charge in [0.2, 0.25) is 0 Å². The molecule has 0 fully saturated rings. The van der Waals surface area contributed by atoms with Gasteiger partial charge in [0.15, 0.2) is 0 Å². The molecule has 0 bridgehead atoms. The zero-order valence-corrected chi connectivity index (χ0v) is 27.6. The van der Waals surface area contributed by atoms with Crippen LogP contribution in [0.15, 0.2) is 103 Å². The van der Waals surface area contributed by atoms with E-state index in [2.05, 4.69) is 71.7 Å². The van der Waals surface area contributed by atoms with Gasteiger partial charge in [-0.25, -0.2) is 0 Å². The standard InChI is InChI=1S/C37H21Cl6N/c1-19-12-28(38)34(29(39)13-19)37(36-32(42)17-44-18-33(36)43)35-30(40)15-21(16-31(35)41)20-10-11-26-24-8-3-2-6-22(24)23-7-4-5-9-25(23)27(26)14-20/h2-18,37H,1H3. The molecular formula is C37H21Cl6N. The summed E-state index contributed by atoms with van der Waals surface area (Å²) < 4.78 is 0. The number of fused-ring (bicyclic) bond motifs is 6. The maximum atomic E-state index is 7.14. The number of aromatic nitrogens is 1. The number of hydrogen-bond donors (Lipinski definition) is 0. The summed E-state index contributed by atoms with van der Waals surface area (Å²) in [5.41, 5.74) is 4.53. The van der Waals surface area contributed by atoms with Crippen LogP contribution in [0.4, 0.5) is 0 Å². The second kappa shape index (κ2) is 11.7. The number of aryl methyl sites for hydroxylation is 1. The minimum Gasteiger partial charge on any atom is -0.262 e. The average Bonchev–Trinajstić information content (AvgIpc) is 3.00. The average molecular weight is 692 g/mol. The number of hydrogen-bond acceptors (Lipinski definition) is 1. The summed E-state index contributed by atoms with van der Waals surface area (Å²) in [6, 6.07) is 31.0. The molecule has 7 aromatic rings. The maximum absolute atomic E-state index is 7.14. The lowest BCUT2D eigenvalue weighted by atomic mass is 9.84. The van der Waals surface area contributed by atoms with E-state index in [0.29, 0.717) is 46.8 Å². The Morgan fingerprint density at radius 2 is 0.841 bits per heavy atom. The van der Waals surface area contributed by atoms with E-state index in [4.69, 9.17) is 69.6 Å². The van der Waals surface area contributed by atoms with E-state index >= 15 is 0 Å². The monoisotopic (exact) mass is 689 g/mol. The summed E-state index contributed by atoms with van der Waals surface area (Å²) in [4.78, 5) is 4.14. The normalized spacial score (nSPS) is 12.3. The summed E-state index contributed by atoms with van der Waals surface area (Å²) in [7, 11) is 0. The quantitative estimate of drug-likeness (QED) is 0.167. The number of rotatable bonds is 4. The van der Waals surface area contributed by atoms with Crippen LogP contribution >= 0.6 is 69.6 Å². The number of benzene rings is 6. The highest BCUT2D eigenvalue weighted by Crippen LogP contribution is 2.50. The third-order valence-electron chi connectivity index (χ3n) is 8.14. The minimum absolute atomic E-state index is 0.347. The van der Waals surface area contributed by atoms with Crippen molar-refractivity contribution in [2.24, 2.45) is 0 Å². The molecule has 0 amide bonds. The first-order valence-electron chi connectivity index (χ1n) is 13.8. The van der Waals surface area contributed by atoms with Crippen molar-refractivity contribution in [3.8, 4) is 11.1 Å². The first-order valence-corrected chi connectivity index (χ1v) is 16.1. The molecule has 0 aliphatic rings. The van der Waals surface area contributed by atoms with Gasteiger partial charge in [0.05, 0.1) is 10.0 Å². The number of pyridine rings is 1. The fraction of sp³-hybridized carbons (Fsp3) is 0.0541. The van der Waals surface area contributed by atoms with Gasteiger partial charge < -0.3 is 0 Å². The zero-order chi connectivity index (χ0) is 30.7. The van der Waals surface area contributed by atoms with E-state index in [1.165, 1.54) is 39.3 Å². The summed E-state index contributed by atoms with van der Waals surface area (Å²) in [5.74, 6) is -0.653. The van der Waals surface area contributed by atoms with Crippen LogP contribution in [-0.4, -0.2) is 4.98 Å². The SMILES string of the molecule is Cc1cc(Cl)c(C(c2c(Cl)cncc2Cl)c2c(Cl)cc(-c3ccc4c5ccccc5c5ccccc5c4c3)cc2Cl)c(Cl)c1. The Morgan fingerprint density at radius 3 is 1.34 bits per heavy atom. The lowest BCUT2D eigenvalue weighted by Gasteiger charge is -2.26. The van der Waals surface area contributed by atoms with Gasteiger partial charge >= 0.3 is 0 Å². The number of halogens is 6. The first-order chi connectivity index (χ1) is 21.2. The van der Waals surface area contributed by atoms with Crippen LogP contribution in [0, 0.1) is 6.92 Å². The highest BCUT2D eigenvalue weighted by Gasteiger charge is 2.31. The molecule has 7 rings (SSSR count). The van der Waals surface area contributed by atoms with Crippen LogP contribution in [0.25, 0.3) is 43.4 Å². The predicted molar refractivity (Wildman–Crippen MR) is 191 cm³/mol. The molecule has 0 saturated heterocycles. The van der Waals surface area contributed by atoms with Gasteiger partial charge in [-0.05, 0) is 86.3 Å². The van der Waals surface area contributed by atoms with Crippen LogP contribution in [0.1, 0.15) is 28.2 Å². The van der Waals surface area contributed by atoms with E-state index in [0.717, 1.165) is 22.1 Å². The molecule has 1 nitrogen and oxygen atoms in total. The Labute approximate surface area is 284 Å². The van der Waals surface area contributed by atoms with Crippen molar-refractivity contribution < 1.29 is 0 Å². The Hall–Kier alpha value is -3.01. The van der Waals surface area contributed by atoms with E-state index < -0.39 is 5.92 Å². The molecular weight excluding hydrogens is 671 g/mol. The highest BCUT2D eigenvalue weighted by molar-refractivity contribution is 6.40. The van der Waals surface area contributed by atoms with Gasteiger partial charge in [-0.2, -0.15) is 0 Å². The Kier molecular flexibility index (Phi) is 7.91. The maximum Gasteiger partial charge on any atom is 0.0645 e. The van der Waals surface area contributed by atoms with Crippen LogP contribution in [0.5, 0.6) is 0 Å². The molecule has 1 atom stereocenters. The van der Waals surface area contributed by atoms with Gasteiger partial charge in [0.1, 0.15) is 0 Å². The summed E-state index contributed by atoms with van der Waals surface area (Å²) in [6.45, 7) is 1.92. The molecule has 216 valence electrons. The van der Waals surface area contributed by atoms with Crippen molar-refractivity contribution in [3.63, 3.8) is 0 Å². The smallest absolute Gasteiger partial charge is 0.0645 e. The molecule has 6 aromatic carbocycles. The van der Waals surface area contributed by atoms with Crippen LogP contribution < -0.4 is 0 Å². The lowest BCUT2D eigenvalue weighted by molar-refractivity contribution is 0.971. The topological polar surface area (TPSA) is 12.9 Å². The molecule has 0 radical (unpaired) electrons. The molecule has 7 heteroatoms. The van der Waals surface area contributed by atoms with E-state index in [1.54, 1.807) is 0 Å².